The van der Waals surface area contributed by atoms with E-state index in [9.17, 15) is 27.2 Å². The van der Waals surface area contributed by atoms with E-state index in [4.69, 9.17) is 10.2 Å². The minimum atomic E-state index is -4.84. The Morgan fingerprint density at radius 3 is 2.26 bits per heavy atom. The largest absolute Gasteiger partial charge is 0.468 e. The summed E-state index contributed by atoms with van der Waals surface area (Å²) >= 11 is 0. The molecule has 1 fully saturated rings. The third kappa shape index (κ3) is 6.04. The summed E-state index contributed by atoms with van der Waals surface area (Å²) in [5.41, 5.74) is 4.08. The van der Waals surface area contributed by atoms with E-state index in [0.29, 0.717) is 38.3 Å². The van der Waals surface area contributed by atoms with Crippen molar-refractivity contribution in [3.05, 3.63) is 122 Å². The first kappa shape index (κ1) is 29.3. The highest BCUT2D eigenvalue weighted by Gasteiger charge is 2.35. The lowest BCUT2D eigenvalue weighted by Gasteiger charge is -2.36. The minimum Gasteiger partial charge on any atom is -0.468 e. The van der Waals surface area contributed by atoms with E-state index in [1.807, 2.05) is 11.0 Å². The standard InChI is InChI=1S/C30H31F4N5O3/c1-20-27(37-14-12-36(13-15-37)17-22-9-6-16-42-22)28(40)39(19-26(35)21-7-3-2-4-8-21)29(41)38(20)18-23-24(30(32,33)34)10-5-11-25(23)31/h2-11,16,26H,12-15,17-19,35H2,1H3. The van der Waals surface area contributed by atoms with Crippen LogP contribution in [0.15, 0.2) is 80.9 Å². The number of alkyl halides is 3. The molecule has 1 atom stereocenters. The Hall–Kier alpha value is -4.16. The molecule has 5 rings (SSSR count). The summed E-state index contributed by atoms with van der Waals surface area (Å²) in [5.74, 6) is -0.293. The van der Waals surface area contributed by atoms with Gasteiger partial charge in [0.1, 0.15) is 17.3 Å². The minimum absolute atomic E-state index is 0.158. The Labute approximate surface area is 239 Å². The first-order valence-electron chi connectivity index (χ1n) is 13.5. The number of furan rings is 1. The summed E-state index contributed by atoms with van der Waals surface area (Å²) in [4.78, 5) is 31.6. The normalized spacial score (nSPS) is 15.2. The Morgan fingerprint density at radius 2 is 1.62 bits per heavy atom. The molecule has 1 aliphatic rings. The van der Waals surface area contributed by atoms with Crippen LogP contribution >= 0.6 is 0 Å². The smallest absolute Gasteiger partial charge is 0.416 e. The quantitative estimate of drug-likeness (QED) is 0.313. The fraction of sp³-hybridized carbons (Fsp3) is 0.333. The van der Waals surface area contributed by atoms with Gasteiger partial charge in [-0.2, -0.15) is 13.2 Å². The van der Waals surface area contributed by atoms with Crippen LogP contribution in [-0.2, 0) is 25.8 Å². The maximum absolute atomic E-state index is 14.9. The molecule has 4 aromatic rings. The molecule has 42 heavy (non-hydrogen) atoms. The lowest BCUT2D eigenvalue weighted by Crippen LogP contribution is -2.51. The van der Waals surface area contributed by atoms with Crippen molar-refractivity contribution in [2.75, 3.05) is 31.1 Å². The van der Waals surface area contributed by atoms with Crippen LogP contribution in [0.4, 0.5) is 23.2 Å². The van der Waals surface area contributed by atoms with Gasteiger partial charge in [-0.1, -0.05) is 36.4 Å². The van der Waals surface area contributed by atoms with Crippen molar-refractivity contribution in [2.24, 2.45) is 5.73 Å². The molecule has 3 heterocycles. The number of rotatable bonds is 8. The van der Waals surface area contributed by atoms with E-state index in [1.54, 1.807) is 42.7 Å². The zero-order valence-corrected chi connectivity index (χ0v) is 23.0. The zero-order chi connectivity index (χ0) is 30.0. The summed E-state index contributed by atoms with van der Waals surface area (Å²) in [6.07, 6.45) is -3.24. The van der Waals surface area contributed by atoms with E-state index >= 15 is 0 Å². The number of piperazine rings is 1. The molecule has 1 unspecified atom stereocenters. The molecule has 12 heteroatoms. The van der Waals surface area contributed by atoms with Crippen LogP contribution in [0.25, 0.3) is 0 Å². The van der Waals surface area contributed by atoms with Gasteiger partial charge in [-0.3, -0.25) is 18.8 Å². The zero-order valence-electron chi connectivity index (χ0n) is 23.0. The van der Waals surface area contributed by atoms with Crippen LogP contribution in [-0.4, -0.2) is 40.2 Å². The van der Waals surface area contributed by atoms with Crippen LogP contribution in [0.2, 0.25) is 0 Å². The monoisotopic (exact) mass is 585 g/mol. The summed E-state index contributed by atoms with van der Waals surface area (Å²) in [5, 5.41) is 0. The molecule has 1 saturated heterocycles. The second-order valence-corrected chi connectivity index (χ2v) is 10.3. The van der Waals surface area contributed by atoms with Crippen molar-refractivity contribution in [3.8, 4) is 0 Å². The fourth-order valence-electron chi connectivity index (χ4n) is 5.40. The first-order chi connectivity index (χ1) is 20.0. The van der Waals surface area contributed by atoms with Crippen LogP contribution in [0.5, 0.6) is 0 Å². The Bertz CT molecular complexity index is 1640. The third-order valence-electron chi connectivity index (χ3n) is 7.65. The first-order valence-corrected chi connectivity index (χ1v) is 13.5. The van der Waals surface area contributed by atoms with E-state index in [1.165, 1.54) is 6.92 Å². The molecule has 2 aromatic heterocycles. The number of benzene rings is 2. The summed E-state index contributed by atoms with van der Waals surface area (Å²) in [7, 11) is 0. The predicted molar refractivity (Wildman–Crippen MR) is 150 cm³/mol. The third-order valence-corrected chi connectivity index (χ3v) is 7.65. The van der Waals surface area contributed by atoms with Crippen LogP contribution in [0, 0.1) is 12.7 Å². The molecule has 8 nitrogen and oxygen atoms in total. The van der Waals surface area contributed by atoms with E-state index in [2.05, 4.69) is 4.90 Å². The fourth-order valence-corrected chi connectivity index (χ4v) is 5.40. The van der Waals surface area contributed by atoms with Crippen molar-refractivity contribution < 1.29 is 22.0 Å². The van der Waals surface area contributed by atoms with Gasteiger partial charge >= 0.3 is 11.9 Å². The molecular formula is C30H31F4N5O3. The SMILES string of the molecule is Cc1c(N2CCN(Cc3ccco3)CC2)c(=O)n(CC(N)c2ccccc2)c(=O)n1Cc1c(F)cccc1C(F)(F)F. The molecule has 0 saturated carbocycles. The van der Waals surface area contributed by atoms with Gasteiger partial charge in [-0.15, -0.1) is 0 Å². The van der Waals surface area contributed by atoms with Gasteiger partial charge in [0.05, 0.1) is 31.5 Å². The predicted octanol–water partition coefficient (Wildman–Crippen LogP) is 4.14. The molecule has 2 N–H and O–H groups in total. The maximum Gasteiger partial charge on any atom is 0.416 e. The highest BCUT2D eigenvalue weighted by molar-refractivity contribution is 5.50. The average molecular weight is 586 g/mol. The molecule has 1 aliphatic heterocycles. The molecular weight excluding hydrogens is 554 g/mol. The second-order valence-electron chi connectivity index (χ2n) is 10.3. The highest BCUT2D eigenvalue weighted by Crippen LogP contribution is 2.33. The van der Waals surface area contributed by atoms with E-state index < -0.39 is 47.0 Å². The lowest BCUT2D eigenvalue weighted by molar-refractivity contribution is -0.138. The molecule has 0 amide bonds. The topological polar surface area (TPSA) is 89.6 Å². The van der Waals surface area contributed by atoms with Crippen molar-refractivity contribution in [3.63, 3.8) is 0 Å². The average Bonchev–Trinajstić information content (AvgIpc) is 3.48. The van der Waals surface area contributed by atoms with Crippen LogP contribution in [0.1, 0.15) is 34.2 Å². The van der Waals surface area contributed by atoms with Gasteiger partial charge in [0.2, 0.25) is 0 Å². The van der Waals surface area contributed by atoms with Gasteiger partial charge in [0, 0.05) is 43.5 Å². The van der Waals surface area contributed by atoms with Crippen molar-refractivity contribution in [1.29, 1.82) is 0 Å². The summed E-state index contributed by atoms with van der Waals surface area (Å²) in [6, 6.07) is 14.5. The van der Waals surface area contributed by atoms with E-state index in [0.717, 1.165) is 33.1 Å². The van der Waals surface area contributed by atoms with Gasteiger partial charge in [-0.25, -0.2) is 9.18 Å². The van der Waals surface area contributed by atoms with Gasteiger partial charge in [0.25, 0.3) is 5.56 Å². The summed E-state index contributed by atoms with van der Waals surface area (Å²) < 4.78 is 63.8. The Balaban J connectivity index is 1.56. The number of anilines is 1. The number of halogens is 4. The molecule has 2 aromatic carbocycles. The number of nitrogens with zero attached hydrogens (tertiary/aromatic N) is 4. The Morgan fingerprint density at radius 1 is 0.905 bits per heavy atom. The molecule has 0 aliphatic carbocycles. The number of hydrogen-bond donors (Lipinski definition) is 1. The van der Waals surface area contributed by atoms with Crippen molar-refractivity contribution in [1.82, 2.24) is 14.0 Å². The number of nitrogens with two attached hydrogens (primary N) is 1. The van der Waals surface area contributed by atoms with Crippen LogP contribution in [0.3, 0.4) is 0 Å². The van der Waals surface area contributed by atoms with Crippen molar-refractivity contribution in [2.45, 2.75) is 38.8 Å². The van der Waals surface area contributed by atoms with E-state index in [-0.39, 0.29) is 17.9 Å². The molecule has 0 radical (unpaired) electrons. The van der Waals surface area contributed by atoms with Crippen molar-refractivity contribution >= 4 is 5.69 Å². The molecule has 0 spiro atoms. The number of hydrogen-bond acceptors (Lipinski definition) is 6. The molecule has 222 valence electrons. The lowest BCUT2D eigenvalue weighted by atomic mass is 10.1. The van der Waals surface area contributed by atoms with Gasteiger partial charge < -0.3 is 15.1 Å². The second kappa shape index (κ2) is 12.0. The van der Waals surface area contributed by atoms with Gasteiger partial charge in [-0.05, 0) is 36.8 Å². The molecule has 0 bridgehead atoms. The highest BCUT2D eigenvalue weighted by atomic mass is 19.4. The van der Waals surface area contributed by atoms with Crippen LogP contribution < -0.4 is 21.9 Å². The van der Waals surface area contributed by atoms with Gasteiger partial charge in [0.15, 0.2) is 0 Å². The maximum atomic E-state index is 14.9. The number of aromatic nitrogens is 2. The summed E-state index contributed by atoms with van der Waals surface area (Å²) in [6.45, 7) is 3.17. The Kier molecular flexibility index (Phi) is 8.37.